The Balaban J connectivity index is 2.47. The van der Waals surface area contributed by atoms with E-state index in [0.29, 0.717) is 11.4 Å². The molecule has 0 aliphatic carbocycles. The molecule has 0 aliphatic rings. The van der Waals surface area contributed by atoms with E-state index in [4.69, 9.17) is 5.73 Å². The minimum Gasteiger partial charge on any atom is -0.478 e. The number of hydrogen-bond acceptors (Lipinski definition) is 3. The lowest BCUT2D eigenvalue weighted by Gasteiger charge is -2.24. The van der Waals surface area contributed by atoms with Gasteiger partial charge in [0.15, 0.2) is 0 Å². The van der Waals surface area contributed by atoms with E-state index in [2.05, 4.69) is 26.1 Å². The van der Waals surface area contributed by atoms with Crippen LogP contribution in [0.5, 0.6) is 0 Å². The van der Waals surface area contributed by atoms with E-state index in [1.807, 2.05) is 24.3 Å². The van der Waals surface area contributed by atoms with Crippen molar-refractivity contribution in [3.8, 4) is 0 Å². The molecule has 2 aromatic carbocycles. The van der Waals surface area contributed by atoms with Gasteiger partial charge in [0.25, 0.3) is 0 Å². The first-order valence-electron chi connectivity index (χ1n) is 6.78. The summed E-state index contributed by atoms with van der Waals surface area (Å²) in [5, 5.41) is 12.5. The summed E-state index contributed by atoms with van der Waals surface area (Å²) in [6.45, 7) is 6.36. The highest BCUT2D eigenvalue weighted by atomic mass is 16.4. The number of hydrogen-bond donors (Lipinski definition) is 3. The van der Waals surface area contributed by atoms with Crippen LogP contribution in [0.2, 0.25) is 0 Å². The van der Waals surface area contributed by atoms with Crippen LogP contribution in [0.25, 0.3) is 0 Å². The molecule has 4 nitrogen and oxygen atoms in total. The first-order chi connectivity index (χ1) is 9.79. The molecule has 0 saturated heterocycles. The van der Waals surface area contributed by atoms with E-state index in [0.717, 1.165) is 11.3 Å². The number of carboxylic acids is 1. The third-order valence-electron chi connectivity index (χ3n) is 3.28. The number of carboxylic acid groups (broad SMARTS) is 1. The zero-order valence-electron chi connectivity index (χ0n) is 12.5. The van der Waals surface area contributed by atoms with E-state index < -0.39 is 5.97 Å². The summed E-state index contributed by atoms with van der Waals surface area (Å²) in [6, 6.07) is 12.7. The Labute approximate surface area is 124 Å². The molecule has 2 aromatic rings. The van der Waals surface area contributed by atoms with Crippen molar-refractivity contribution in [3.63, 3.8) is 0 Å². The van der Waals surface area contributed by atoms with Gasteiger partial charge in [0.2, 0.25) is 0 Å². The fourth-order valence-electron chi connectivity index (χ4n) is 2.24. The molecule has 0 fully saturated rings. The topological polar surface area (TPSA) is 75.3 Å². The van der Waals surface area contributed by atoms with Crippen molar-refractivity contribution in [1.29, 1.82) is 0 Å². The third kappa shape index (κ3) is 3.34. The van der Waals surface area contributed by atoms with E-state index in [-0.39, 0.29) is 11.0 Å². The summed E-state index contributed by atoms with van der Waals surface area (Å²) >= 11 is 0. The van der Waals surface area contributed by atoms with Gasteiger partial charge in [0.1, 0.15) is 0 Å². The van der Waals surface area contributed by atoms with Crippen LogP contribution in [0.15, 0.2) is 42.5 Å². The van der Waals surface area contributed by atoms with Gasteiger partial charge < -0.3 is 16.2 Å². The predicted molar refractivity (Wildman–Crippen MR) is 86.2 cm³/mol. The minimum atomic E-state index is -1.00. The number of aromatic carboxylic acids is 1. The van der Waals surface area contributed by atoms with Crippen LogP contribution in [0.1, 0.15) is 36.7 Å². The molecule has 110 valence electrons. The first-order valence-corrected chi connectivity index (χ1v) is 6.78. The van der Waals surface area contributed by atoms with Gasteiger partial charge in [-0.1, -0.05) is 39.0 Å². The number of anilines is 3. The van der Waals surface area contributed by atoms with Crippen molar-refractivity contribution in [2.45, 2.75) is 26.2 Å². The molecule has 0 unspecified atom stereocenters. The number of benzene rings is 2. The molecule has 0 radical (unpaired) electrons. The van der Waals surface area contributed by atoms with Crippen molar-refractivity contribution in [2.75, 3.05) is 11.1 Å². The van der Waals surface area contributed by atoms with Gasteiger partial charge in [0, 0.05) is 11.4 Å². The van der Waals surface area contributed by atoms with Crippen molar-refractivity contribution in [3.05, 3.63) is 53.6 Å². The maximum atomic E-state index is 11.4. The number of nitrogen functional groups attached to an aromatic ring is 1. The van der Waals surface area contributed by atoms with Crippen LogP contribution >= 0.6 is 0 Å². The highest BCUT2D eigenvalue weighted by molar-refractivity contribution is 5.96. The number of para-hydroxylation sites is 1. The molecule has 0 spiro atoms. The Morgan fingerprint density at radius 1 is 1.10 bits per heavy atom. The summed E-state index contributed by atoms with van der Waals surface area (Å²) in [4.78, 5) is 11.4. The van der Waals surface area contributed by atoms with Crippen molar-refractivity contribution in [2.24, 2.45) is 0 Å². The monoisotopic (exact) mass is 284 g/mol. The summed E-state index contributed by atoms with van der Waals surface area (Å²) < 4.78 is 0. The second kappa shape index (κ2) is 5.48. The normalized spacial score (nSPS) is 11.2. The highest BCUT2D eigenvalue weighted by Crippen LogP contribution is 2.32. The zero-order chi connectivity index (χ0) is 15.6. The van der Waals surface area contributed by atoms with Crippen LogP contribution < -0.4 is 11.1 Å². The predicted octanol–water partition coefficient (Wildman–Crippen LogP) is 4.01. The molecule has 0 amide bonds. The molecular weight excluding hydrogens is 264 g/mol. The fourth-order valence-corrected chi connectivity index (χ4v) is 2.24. The van der Waals surface area contributed by atoms with Gasteiger partial charge in [-0.25, -0.2) is 4.79 Å². The Morgan fingerprint density at radius 3 is 2.38 bits per heavy atom. The third-order valence-corrected chi connectivity index (χ3v) is 3.28. The summed E-state index contributed by atoms with van der Waals surface area (Å²) in [6.07, 6.45) is 0. The maximum absolute atomic E-state index is 11.4. The average Bonchev–Trinajstić information content (AvgIpc) is 2.40. The second-order valence-electron chi connectivity index (χ2n) is 6.03. The molecule has 21 heavy (non-hydrogen) atoms. The molecule has 0 bridgehead atoms. The van der Waals surface area contributed by atoms with Crippen LogP contribution in [0.3, 0.4) is 0 Å². The molecular formula is C17H20N2O2. The molecule has 4 heteroatoms. The van der Waals surface area contributed by atoms with Crippen LogP contribution in [0.4, 0.5) is 17.1 Å². The molecule has 0 heterocycles. The Morgan fingerprint density at radius 2 is 1.76 bits per heavy atom. The lowest BCUT2D eigenvalue weighted by Crippen LogP contribution is -2.14. The summed E-state index contributed by atoms with van der Waals surface area (Å²) in [5.74, 6) is -1.00. The lowest BCUT2D eigenvalue weighted by atomic mass is 9.85. The smallest absolute Gasteiger partial charge is 0.337 e. The van der Waals surface area contributed by atoms with E-state index >= 15 is 0 Å². The van der Waals surface area contributed by atoms with E-state index in [9.17, 15) is 9.90 Å². The van der Waals surface area contributed by atoms with Crippen LogP contribution in [-0.4, -0.2) is 11.1 Å². The maximum Gasteiger partial charge on any atom is 0.337 e. The van der Waals surface area contributed by atoms with Crippen molar-refractivity contribution < 1.29 is 9.90 Å². The van der Waals surface area contributed by atoms with Gasteiger partial charge in [-0.2, -0.15) is 0 Å². The average molecular weight is 284 g/mol. The molecule has 0 aliphatic heterocycles. The van der Waals surface area contributed by atoms with Crippen molar-refractivity contribution >= 4 is 23.0 Å². The van der Waals surface area contributed by atoms with Crippen LogP contribution in [0, 0.1) is 0 Å². The van der Waals surface area contributed by atoms with E-state index in [1.54, 1.807) is 12.1 Å². The van der Waals surface area contributed by atoms with Crippen LogP contribution in [-0.2, 0) is 5.41 Å². The molecule has 0 aromatic heterocycles. The summed E-state index contributed by atoms with van der Waals surface area (Å²) in [5.41, 5.74) is 8.78. The zero-order valence-corrected chi connectivity index (χ0v) is 12.5. The molecule has 4 N–H and O–H groups in total. The molecule has 0 saturated carbocycles. The Bertz CT molecular complexity index is 673. The SMILES string of the molecule is CC(C)(C)c1ccccc1Nc1ccc(N)cc1C(=O)O. The number of nitrogens with one attached hydrogen (secondary N) is 1. The van der Waals surface area contributed by atoms with Crippen molar-refractivity contribution in [1.82, 2.24) is 0 Å². The molecule has 0 atom stereocenters. The Kier molecular flexibility index (Phi) is 3.89. The van der Waals surface area contributed by atoms with E-state index in [1.165, 1.54) is 6.07 Å². The first kappa shape index (κ1) is 14.9. The summed E-state index contributed by atoms with van der Waals surface area (Å²) in [7, 11) is 0. The van der Waals surface area contributed by atoms with Gasteiger partial charge >= 0.3 is 5.97 Å². The van der Waals surface area contributed by atoms with Gasteiger partial charge in [-0.15, -0.1) is 0 Å². The second-order valence-corrected chi connectivity index (χ2v) is 6.03. The lowest BCUT2D eigenvalue weighted by molar-refractivity contribution is 0.0698. The minimum absolute atomic E-state index is 0.0409. The Hall–Kier alpha value is -2.49. The standard InChI is InChI=1S/C17H20N2O2/c1-17(2,3)13-6-4-5-7-15(13)19-14-9-8-11(18)10-12(14)16(20)21/h4-10,19H,18H2,1-3H3,(H,20,21). The number of nitrogens with two attached hydrogens (primary N) is 1. The number of rotatable bonds is 3. The van der Waals surface area contributed by atoms with Gasteiger partial charge in [-0.3, -0.25) is 0 Å². The largest absolute Gasteiger partial charge is 0.478 e. The molecule has 2 rings (SSSR count). The van der Waals surface area contributed by atoms with Gasteiger partial charge in [-0.05, 0) is 35.2 Å². The highest BCUT2D eigenvalue weighted by Gasteiger charge is 2.19. The quantitative estimate of drug-likeness (QED) is 0.744. The van der Waals surface area contributed by atoms with Gasteiger partial charge in [0.05, 0.1) is 11.3 Å². The fraction of sp³-hybridized carbons (Fsp3) is 0.235. The number of carbonyl (C=O) groups is 1.